The summed E-state index contributed by atoms with van der Waals surface area (Å²) in [7, 11) is -0.231. The number of hydrogen-bond acceptors (Lipinski definition) is 4. The van der Waals surface area contributed by atoms with Crippen LogP contribution in [0.1, 0.15) is 25.3 Å². The Morgan fingerprint density at radius 1 is 1.32 bits per heavy atom. The van der Waals surface area contributed by atoms with Crippen molar-refractivity contribution >= 4 is 31.6 Å². The summed E-state index contributed by atoms with van der Waals surface area (Å²) in [5.74, 6) is 0.341. The van der Waals surface area contributed by atoms with Crippen molar-refractivity contribution in [2.45, 2.75) is 32.4 Å². The van der Waals surface area contributed by atoms with Gasteiger partial charge in [-0.25, -0.2) is 0 Å². The van der Waals surface area contributed by atoms with Crippen LogP contribution in [0, 0.1) is 5.92 Å². The molecule has 1 N–H and O–H groups in total. The van der Waals surface area contributed by atoms with Gasteiger partial charge in [0.15, 0.2) is 0 Å². The van der Waals surface area contributed by atoms with E-state index in [0.29, 0.717) is 5.92 Å². The minimum atomic E-state index is -3.37. The number of benzene rings is 1. The highest BCUT2D eigenvalue weighted by atomic mass is 32.2. The number of piperidine rings is 1. The van der Waals surface area contributed by atoms with E-state index in [9.17, 15) is 8.42 Å². The van der Waals surface area contributed by atoms with Gasteiger partial charge in [0.25, 0.3) is 10.2 Å². The van der Waals surface area contributed by atoms with Crippen molar-refractivity contribution in [1.29, 1.82) is 0 Å². The van der Waals surface area contributed by atoms with Crippen LogP contribution in [0.5, 0.6) is 0 Å². The van der Waals surface area contributed by atoms with Crippen LogP contribution in [0.25, 0.3) is 10.1 Å². The Kier molecular flexibility index (Phi) is 5.80. The first kappa shape index (κ1) is 18.8. The molecule has 1 aromatic heterocycles. The van der Waals surface area contributed by atoms with Gasteiger partial charge >= 0.3 is 0 Å². The third-order valence-corrected chi connectivity index (χ3v) is 7.65. The quantitative estimate of drug-likeness (QED) is 0.837. The topological polar surface area (TPSA) is 52.7 Å². The van der Waals surface area contributed by atoms with E-state index < -0.39 is 10.2 Å². The second-order valence-electron chi connectivity index (χ2n) is 6.96. The molecule has 2 atom stereocenters. The molecule has 2 aromatic rings. The van der Waals surface area contributed by atoms with E-state index in [1.165, 1.54) is 20.0 Å². The highest BCUT2D eigenvalue weighted by molar-refractivity contribution is 7.87. The van der Waals surface area contributed by atoms with E-state index >= 15 is 0 Å². The number of hydrogen-bond donors (Lipinski definition) is 1. The molecule has 1 aromatic carbocycles. The molecule has 1 aliphatic rings. The molecule has 0 unspecified atom stereocenters. The zero-order valence-corrected chi connectivity index (χ0v) is 16.7. The van der Waals surface area contributed by atoms with Gasteiger partial charge in [0.1, 0.15) is 0 Å². The van der Waals surface area contributed by atoms with Crippen LogP contribution in [-0.2, 0) is 16.8 Å². The first-order valence-electron chi connectivity index (χ1n) is 8.78. The van der Waals surface area contributed by atoms with E-state index in [1.807, 2.05) is 0 Å². The highest BCUT2D eigenvalue weighted by Gasteiger charge is 2.31. The van der Waals surface area contributed by atoms with Crippen molar-refractivity contribution in [2.75, 3.05) is 27.2 Å². The van der Waals surface area contributed by atoms with E-state index in [4.69, 9.17) is 0 Å². The predicted molar refractivity (Wildman–Crippen MR) is 105 cm³/mol. The summed E-state index contributed by atoms with van der Waals surface area (Å²) in [6.45, 7) is 4.93. The molecule has 0 amide bonds. The molecule has 7 heteroatoms. The summed E-state index contributed by atoms with van der Waals surface area (Å²) >= 11 is 1.80. The predicted octanol–water partition coefficient (Wildman–Crippen LogP) is 2.90. The maximum absolute atomic E-state index is 12.1. The lowest BCUT2D eigenvalue weighted by Gasteiger charge is -2.38. The number of likely N-dealkylation sites (tertiary alicyclic amines) is 1. The van der Waals surface area contributed by atoms with Gasteiger partial charge in [0.2, 0.25) is 0 Å². The standard InChI is InChI=1S/C18H27N3O2S2/c1-4-14-11-21(10-9-17(14)19-25(22,23)20(2)3)12-15-13-24-18-8-6-5-7-16(15)18/h5-8,13-14,17,19H,4,9-12H2,1-3H3/t14-,17+/m1/s1. The Bertz CT molecular complexity index is 817. The summed E-state index contributed by atoms with van der Waals surface area (Å²) in [4.78, 5) is 2.46. The van der Waals surface area contributed by atoms with Crippen LogP contribution in [0.4, 0.5) is 0 Å². The number of thiophene rings is 1. The van der Waals surface area contributed by atoms with Gasteiger partial charge in [0, 0.05) is 44.5 Å². The average molecular weight is 382 g/mol. The van der Waals surface area contributed by atoms with Crippen LogP contribution in [-0.4, -0.2) is 50.8 Å². The molecule has 0 saturated carbocycles. The van der Waals surface area contributed by atoms with Crippen molar-refractivity contribution in [1.82, 2.24) is 13.9 Å². The zero-order valence-electron chi connectivity index (χ0n) is 15.1. The van der Waals surface area contributed by atoms with E-state index in [1.54, 1.807) is 25.4 Å². The Hall–Kier alpha value is -0.990. The Labute approximate surface area is 154 Å². The van der Waals surface area contributed by atoms with Crippen molar-refractivity contribution in [3.63, 3.8) is 0 Å². The minimum absolute atomic E-state index is 0.0212. The number of rotatable bonds is 6. The minimum Gasteiger partial charge on any atom is -0.299 e. The molecule has 1 aliphatic heterocycles. The monoisotopic (exact) mass is 381 g/mol. The lowest BCUT2D eigenvalue weighted by Crippen LogP contribution is -2.52. The molecule has 2 heterocycles. The lowest BCUT2D eigenvalue weighted by molar-refractivity contribution is 0.138. The molecule has 1 saturated heterocycles. The Morgan fingerprint density at radius 3 is 2.80 bits per heavy atom. The lowest BCUT2D eigenvalue weighted by atomic mass is 9.90. The molecule has 25 heavy (non-hydrogen) atoms. The fourth-order valence-electron chi connectivity index (χ4n) is 3.51. The summed E-state index contributed by atoms with van der Waals surface area (Å²) < 4.78 is 29.8. The van der Waals surface area contributed by atoms with Crippen molar-refractivity contribution in [2.24, 2.45) is 5.92 Å². The summed E-state index contributed by atoms with van der Waals surface area (Å²) in [5.41, 5.74) is 1.38. The van der Waals surface area contributed by atoms with Gasteiger partial charge < -0.3 is 0 Å². The van der Waals surface area contributed by atoms with E-state index in [-0.39, 0.29) is 6.04 Å². The SMILES string of the molecule is CC[C@@H]1CN(Cc2csc3ccccc23)CC[C@@H]1NS(=O)(=O)N(C)C. The molecule has 5 nitrogen and oxygen atoms in total. The smallest absolute Gasteiger partial charge is 0.279 e. The van der Waals surface area contributed by atoms with Gasteiger partial charge in [-0.2, -0.15) is 17.4 Å². The van der Waals surface area contributed by atoms with Crippen molar-refractivity contribution < 1.29 is 8.42 Å². The van der Waals surface area contributed by atoms with Gasteiger partial charge in [-0.05, 0) is 34.7 Å². The molecular weight excluding hydrogens is 354 g/mol. The van der Waals surface area contributed by atoms with Crippen molar-refractivity contribution in [3.05, 3.63) is 35.2 Å². The summed E-state index contributed by atoms with van der Waals surface area (Å²) in [5, 5.41) is 3.60. The second kappa shape index (κ2) is 7.72. The number of fused-ring (bicyclic) bond motifs is 1. The molecule has 3 rings (SSSR count). The van der Waals surface area contributed by atoms with Crippen LogP contribution >= 0.6 is 11.3 Å². The maximum atomic E-state index is 12.1. The summed E-state index contributed by atoms with van der Waals surface area (Å²) in [6.07, 6.45) is 1.83. The zero-order chi connectivity index (χ0) is 18.0. The third kappa shape index (κ3) is 4.23. The molecule has 0 aliphatic carbocycles. The fraction of sp³-hybridized carbons (Fsp3) is 0.556. The molecule has 138 valence electrons. The second-order valence-corrected chi connectivity index (χ2v) is 9.79. The van der Waals surface area contributed by atoms with Crippen molar-refractivity contribution in [3.8, 4) is 0 Å². The first-order chi connectivity index (χ1) is 11.9. The van der Waals surface area contributed by atoms with Gasteiger partial charge in [0.05, 0.1) is 0 Å². The Morgan fingerprint density at radius 2 is 2.08 bits per heavy atom. The molecule has 1 fully saturated rings. The summed E-state index contributed by atoms with van der Waals surface area (Å²) in [6, 6.07) is 8.55. The van der Waals surface area contributed by atoms with Crippen LogP contribution in [0.3, 0.4) is 0 Å². The Balaban J connectivity index is 1.67. The maximum Gasteiger partial charge on any atom is 0.279 e. The largest absolute Gasteiger partial charge is 0.299 e. The molecular formula is C18H27N3O2S2. The molecule has 0 spiro atoms. The highest BCUT2D eigenvalue weighted by Crippen LogP contribution is 2.29. The van der Waals surface area contributed by atoms with Crippen LogP contribution in [0.2, 0.25) is 0 Å². The molecule has 0 bridgehead atoms. The van der Waals surface area contributed by atoms with Crippen LogP contribution in [0.15, 0.2) is 29.6 Å². The number of nitrogens with one attached hydrogen (secondary N) is 1. The molecule has 0 radical (unpaired) electrons. The number of nitrogens with zero attached hydrogens (tertiary/aromatic N) is 2. The first-order valence-corrected chi connectivity index (χ1v) is 11.1. The van der Waals surface area contributed by atoms with Gasteiger partial charge in [-0.3, -0.25) is 4.90 Å². The fourth-order valence-corrected chi connectivity index (χ4v) is 5.37. The van der Waals surface area contributed by atoms with Gasteiger partial charge in [-0.1, -0.05) is 31.5 Å². The van der Waals surface area contributed by atoms with E-state index in [2.05, 4.69) is 46.2 Å². The normalized spacial score (nSPS) is 22.7. The third-order valence-electron chi connectivity index (χ3n) is 5.08. The van der Waals surface area contributed by atoms with Gasteiger partial charge in [-0.15, -0.1) is 11.3 Å². The average Bonchev–Trinajstić information content (AvgIpc) is 2.99. The van der Waals surface area contributed by atoms with Crippen LogP contribution < -0.4 is 4.72 Å². The van der Waals surface area contributed by atoms with E-state index in [0.717, 1.165) is 32.5 Å².